The van der Waals surface area contributed by atoms with Gasteiger partial charge in [0, 0.05) is 10.6 Å². The zero-order valence-electron chi connectivity index (χ0n) is 12.8. The molecule has 24 heavy (non-hydrogen) atoms. The summed E-state index contributed by atoms with van der Waals surface area (Å²) in [5.74, 6) is 0.817. The van der Waals surface area contributed by atoms with Gasteiger partial charge < -0.3 is 9.73 Å². The van der Waals surface area contributed by atoms with Crippen molar-refractivity contribution >= 4 is 17.5 Å². The van der Waals surface area contributed by atoms with Crippen LogP contribution < -0.4 is 5.32 Å². The third kappa shape index (κ3) is 4.24. The van der Waals surface area contributed by atoms with Gasteiger partial charge in [-0.3, -0.25) is 4.79 Å². The Morgan fingerprint density at radius 2 is 1.88 bits per heavy atom. The number of hydrogen-bond acceptors (Lipinski definition) is 2. The van der Waals surface area contributed by atoms with Crippen molar-refractivity contribution in [2.45, 2.75) is 13.0 Å². The summed E-state index contributed by atoms with van der Waals surface area (Å²) >= 11 is 5.86. The Bertz CT molecular complexity index is 843. The zero-order valence-corrected chi connectivity index (χ0v) is 13.5. The lowest BCUT2D eigenvalue weighted by Crippen LogP contribution is -2.24. The molecule has 1 heterocycles. The third-order valence-electron chi connectivity index (χ3n) is 3.50. The van der Waals surface area contributed by atoms with E-state index in [2.05, 4.69) is 5.32 Å². The van der Waals surface area contributed by atoms with Gasteiger partial charge in [-0.25, -0.2) is 4.39 Å². The van der Waals surface area contributed by atoms with Crippen LogP contribution >= 0.6 is 11.6 Å². The van der Waals surface area contributed by atoms with Gasteiger partial charge >= 0.3 is 0 Å². The van der Waals surface area contributed by atoms with E-state index in [1.165, 1.54) is 12.1 Å². The fraction of sp³-hybridized carbons (Fsp3) is 0.105. The Hall–Kier alpha value is -2.59. The van der Waals surface area contributed by atoms with E-state index in [1.807, 2.05) is 24.3 Å². The van der Waals surface area contributed by atoms with Crippen molar-refractivity contribution in [1.82, 2.24) is 5.32 Å². The Balaban J connectivity index is 1.57. The number of amides is 1. The number of rotatable bonds is 5. The van der Waals surface area contributed by atoms with E-state index >= 15 is 0 Å². The smallest absolute Gasteiger partial charge is 0.224 e. The summed E-state index contributed by atoms with van der Waals surface area (Å²) in [6, 6.07) is 17.0. The quantitative estimate of drug-likeness (QED) is 0.735. The number of nitrogens with one attached hydrogen (secondary N) is 1. The maximum absolute atomic E-state index is 13.1. The molecular weight excluding hydrogens is 329 g/mol. The molecule has 0 radical (unpaired) electrons. The van der Waals surface area contributed by atoms with Crippen molar-refractivity contribution in [3.8, 4) is 11.3 Å². The molecule has 5 heteroatoms. The van der Waals surface area contributed by atoms with Crippen LogP contribution in [0, 0.1) is 5.82 Å². The van der Waals surface area contributed by atoms with E-state index in [-0.39, 0.29) is 24.7 Å². The minimum absolute atomic E-state index is 0.127. The molecule has 0 unspecified atom stereocenters. The first-order valence-corrected chi connectivity index (χ1v) is 7.84. The lowest BCUT2D eigenvalue weighted by molar-refractivity contribution is -0.120. The van der Waals surface area contributed by atoms with Crippen LogP contribution in [0.25, 0.3) is 11.3 Å². The standard InChI is InChI=1S/C19H15ClFNO2/c20-15-6-4-14(5-7-15)18-9-8-17(24-18)12-22-19(23)11-13-2-1-3-16(21)10-13/h1-10H,11-12H2,(H,22,23). The second-order valence-corrected chi connectivity index (χ2v) is 5.79. The van der Waals surface area contributed by atoms with Crippen LogP contribution in [-0.2, 0) is 17.8 Å². The maximum atomic E-state index is 13.1. The number of carbonyl (C=O) groups excluding carboxylic acids is 1. The van der Waals surface area contributed by atoms with Crippen molar-refractivity contribution in [3.63, 3.8) is 0 Å². The maximum Gasteiger partial charge on any atom is 0.224 e. The molecular formula is C19H15ClFNO2. The van der Waals surface area contributed by atoms with Crippen molar-refractivity contribution < 1.29 is 13.6 Å². The van der Waals surface area contributed by atoms with Crippen molar-refractivity contribution in [2.75, 3.05) is 0 Å². The molecule has 0 spiro atoms. The summed E-state index contributed by atoms with van der Waals surface area (Å²) in [4.78, 5) is 11.9. The molecule has 3 nitrogen and oxygen atoms in total. The molecule has 0 atom stereocenters. The Morgan fingerprint density at radius 1 is 1.08 bits per heavy atom. The summed E-state index contributed by atoms with van der Waals surface area (Å²) in [6.45, 7) is 0.280. The topological polar surface area (TPSA) is 42.2 Å². The minimum Gasteiger partial charge on any atom is -0.459 e. The van der Waals surface area contributed by atoms with Gasteiger partial charge in [0.1, 0.15) is 17.3 Å². The van der Waals surface area contributed by atoms with Gasteiger partial charge in [0.2, 0.25) is 5.91 Å². The number of benzene rings is 2. The second-order valence-electron chi connectivity index (χ2n) is 5.36. The van der Waals surface area contributed by atoms with Crippen LogP contribution in [0.4, 0.5) is 4.39 Å². The molecule has 0 aliphatic rings. The number of hydrogen-bond donors (Lipinski definition) is 1. The summed E-state index contributed by atoms with van der Waals surface area (Å²) in [6.07, 6.45) is 0.127. The fourth-order valence-electron chi connectivity index (χ4n) is 2.32. The largest absolute Gasteiger partial charge is 0.459 e. The van der Waals surface area contributed by atoms with E-state index in [4.69, 9.17) is 16.0 Å². The Morgan fingerprint density at radius 3 is 2.62 bits per heavy atom. The van der Waals surface area contributed by atoms with E-state index in [1.54, 1.807) is 24.3 Å². The molecule has 0 aliphatic heterocycles. The summed E-state index contributed by atoms with van der Waals surface area (Å²) < 4.78 is 18.8. The van der Waals surface area contributed by atoms with Gasteiger partial charge in [0.15, 0.2) is 0 Å². The third-order valence-corrected chi connectivity index (χ3v) is 3.76. The molecule has 1 aromatic heterocycles. The second kappa shape index (κ2) is 7.32. The first-order chi connectivity index (χ1) is 11.6. The van der Waals surface area contributed by atoms with E-state index in [0.717, 1.165) is 5.56 Å². The van der Waals surface area contributed by atoms with Gasteiger partial charge in [0.05, 0.1) is 13.0 Å². The molecule has 0 saturated heterocycles. The Labute approximate surface area is 144 Å². The molecule has 0 bridgehead atoms. The molecule has 1 N–H and O–H groups in total. The highest BCUT2D eigenvalue weighted by atomic mass is 35.5. The SMILES string of the molecule is O=C(Cc1cccc(F)c1)NCc1ccc(-c2ccc(Cl)cc2)o1. The average Bonchev–Trinajstić information content (AvgIpc) is 3.03. The van der Waals surface area contributed by atoms with Crippen LogP contribution in [0.1, 0.15) is 11.3 Å². The van der Waals surface area contributed by atoms with Crippen molar-refractivity contribution in [2.24, 2.45) is 0 Å². The van der Waals surface area contributed by atoms with Crippen molar-refractivity contribution in [3.05, 3.63) is 82.8 Å². The van der Waals surface area contributed by atoms with Gasteiger partial charge in [-0.05, 0) is 54.1 Å². The molecule has 1 amide bonds. The fourth-order valence-corrected chi connectivity index (χ4v) is 2.45. The Kier molecular flexibility index (Phi) is 4.96. The normalized spacial score (nSPS) is 10.6. The van der Waals surface area contributed by atoms with Gasteiger partial charge in [-0.1, -0.05) is 23.7 Å². The molecule has 3 rings (SSSR count). The molecule has 0 aliphatic carbocycles. The molecule has 2 aromatic carbocycles. The number of halogens is 2. The van der Waals surface area contributed by atoms with Gasteiger partial charge in [0.25, 0.3) is 0 Å². The monoisotopic (exact) mass is 343 g/mol. The van der Waals surface area contributed by atoms with Crippen LogP contribution in [0.2, 0.25) is 5.02 Å². The van der Waals surface area contributed by atoms with E-state index in [0.29, 0.717) is 22.1 Å². The van der Waals surface area contributed by atoms with E-state index in [9.17, 15) is 9.18 Å². The summed E-state index contributed by atoms with van der Waals surface area (Å²) in [5, 5.41) is 3.43. The zero-order chi connectivity index (χ0) is 16.9. The molecule has 3 aromatic rings. The summed E-state index contributed by atoms with van der Waals surface area (Å²) in [5.41, 5.74) is 1.55. The van der Waals surface area contributed by atoms with Crippen LogP contribution in [0.3, 0.4) is 0 Å². The van der Waals surface area contributed by atoms with Gasteiger partial charge in [-0.15, -0.1) is 0 Å². The van der Waals surface area contributed by atoms with E-state index < -0.39 is 0 Å². The van der Waals surface area contributed by atoms with Crippen LogP contribution in [0.15, 0.2) is 65.1 Å². The highest BCUT2D eigenvalue weighted by molar-refractivity contribution is 6.30. The lowest BCUT2D eigenvalue weighted by atomic mass is 10.1. The number of carbonyl (C=O) groups is 1. The first-order valence-electron chi connectivity index (χ1n) is 7.46. The molecule has 122 valence electrons. The lowest BCUT2D eigenvalue weighted by Gasteiger charge is -2.04. The predicted octanol–water partition coefficient (Wildman–Crippen LogP) is 4.60. The highest BCUT2D eigenvalue weighted by Gasteiger charge is 2.08. The number of furan rings is 1. The average molecular weight is 344 g/mol. The van der Waals surface area contributed by atoms with Crippen LogP contribution in [-0.4, -0.2) is 5.91 Å². The predicted molar refractivity (Wildman–Crippen MR) is 91.1 cm³/mol. The minimum atomic E-state index is -0.348. The van der Waals surface area contributed by atoms with Gasteiger partial charge in [-0.2, -0.15) is 0 Å². The summed E-state index contributed by atoms with van der Waals surface area (Å²) in [7, 11) is 0. The molecule has 0 fully saturated rings. The van der Waals surface area contributed by atoms with Crippen molar-refractivity contribution in [1.29, 1.82) is 0 Å². The van der Waals surface area contributed by atoms with Crippen LogP contribution in [0.5, 0.6) is 0 Å². The highest BCUT2D eigenvalue weighted by Crippen LogP contribution is 2.23. The first kappa shape index (κ1) is 16.3. The molecule has 0 saturated carbocycles.